The van der Waals surface area contributed by atoms with Gasteiger partial charge in [0, 0.05) is 33.2 Å². The van der Waals surface area contributed by atoms with E-state index in [0.29, 0.717) is 16.6 Å². The highest BCUT2D eigenvalue weighted by Crippen LogP contribution is 2.40. The minimum atomic E-state index is -3.74. The van der Waals surface area contributed by atoms with E-state index in [1.807, 2.05) is 30.3 Å². The highest BCUT2D eigenvalue weighted by Gasteiger charge is 2.25. The van der Waals surface area contributed by atoms with E-state index in [0.717, 1.165) is 46.8 Å². The van der Waals surface area contributed by atoms with Crippen molar-refractivity contribution in [1.82, 2.24) is 0 Å². The molecule has 4 aromatic rings. The molecule has 0 bridgehead atoms. The summed E-state index contributed by atoms with van der Waals surface area (Å²) in [5, 5.41) is 3.23. The quantitative estimate of drug-likeness (QED) is 0.427. The Morgan fingerprint density at radius 2 is 1.76 bits per heavy atom. The van der Waals surface area contributed by atoms with Crippen molar-refractivity contribution in [2.75, 3.05) is 4.72 Å². The third kappa shape index (κ3) is 3.18. The van der Waals surface area contributed by atoms with Gasteiger partial charge in [0.05, 0.1) is 10.6 Å². The first-order valence-electron chi connectivity index (χ1n) is 9.67. The molecule has 5 rings (SSSR count). The molecule has 1 aromatic heterocycles. The molecule has 3 aromatic carbocycles. The second-order valence-corrected chi connectivity index (χ2v) is 9.88. The zero-order valence-electron chi connectivity index (χ0n) is 15.9. The second-order valence-electron chi connectivity index (χ2n) is 7.76. The predicted octanol–water partition coefficient (Wildman–Crippen LogP) is 6.17. The first-order valence-corrected chi connectivity index (χ1v) is 11.5. The average molecular weight is 426 g/mol. The molecule has 0 spiro atoms. The molecule has 1 atom stereocenters. The van der Waals surface area contributed by atoms with Gasteiger partial charge in [0.1, 0.15) is 11.3 Å². The zero-order chi connectivity index (χ0) is 20.2. The second kappa shape index (κ2) is 6.78. The van der Waals surface area contributed by atoms with Crippen molar-refractivity contribution in [3.05, 3.63) is 70.9 Å². The number of sulfonamides is 1. The fourth-order valence-corrected chi connectivity index (χ4v) is 5.36. The maximum Gasteiger partial charge on any atom is 0.261 e. The minimum Gasteiger partial charge on any atom is -0.460 e. The molecule has 4 nitrogen and oxygen atoms in total. The van der Waals surface area contributed by atoms with E-state index in [-0.39, 0.29) is 4.90 Å². The Kier molecular flexibility index (Phi) is 4.33. The van der Waals surface area contributed by atoms with E-state index < -0.39 is 10.0 Å². The molecule has 0 fully saturated rings. The summed E-state index contributed by atoms with van der Waals surface area (Å²) in [5.74, 6) is 1.62. The number of anilines is 1. The normalized spacial score (nSPS) is 16.8. The zero-order valence-corrected chi connectivity index (χ0v) is 17.5. The van der Waals surface area contributed by atoms with Crippen LogP contribution in [0.2, 0.25) is 5.02 Å². The summed E-state index contributed by atoms with van der Waals surface area (Å²) >= 11 is 5.90. The minimum absolute atomic E-state index is 0.175. The number of halogens is 1. The fourth-order valence-electron chi connectivity index (χ4n) is 4.17. The third-order valence-corrected chi connectivity index (χ3v) is 7.30. The predicted molar refractivity (Wildman–Crippen MR) is 117 cm³/mol. The number of hydrogen-bond donors (Lipinski definition) is 1. The lowest BCUT2D eigenvalue weighted by Crippen LogP contribution is -2.13. The van der Waals surface area contributed by atoms with Gasteiger partial charge in [-0.1, -0.05) is 42.8 Å². The van der Waals surface area contributed by atoms with E-state index in [1.54, 1.807) is 12.1 Å². The maximum absolute atomic E-state index is 13.0. The molecule has 0 aliphatic heterocycles. The summed E-state index contributed by atoms with van der Waals surface area (Å²) < 4.78 is 35.0. The summed E-state index contributed by atoms with van der Waals surface area (Å²) in [5.41, 5.74) is 2.61. The Morgan fingerprint density at radius 3 is 2.52 bits per heavy atom. The molecular weight excluding hydrogens is 406 g/mol. The SMILES string of the molecule is CC1CCc2c(oc3c2cc(NS(=O)(=O)c2ccc(Cl)cc2)c2ccccc23)C1. The lowest BCUT2D eigenvalue weighted by molar-refractivity contribution is 0.427. The molecule has 148 valence electrons. The number of furan rings is 1. The van der Waals surface area contributed by atoms with Crippen LogP contribution >= 0.6 is 11.6 Å². The van der Waals surface area contributed by atoms with E-state index >= 15 is 0 Å². The van der Waals surface area contributed by atoms with Gasteiger partial charge in [-0.05, 0) is 49.1 Å². The Bertz CT molecular complexity index is 1340. The summed E-state index contributed by atoms with van der Waals surface area (Å²) in [4.78, 5) is 0.175. The van der Waals surface area contributed by atoms with Crippen LogP contribution in [0.1, 0.15) is 24.7 Å². The van der Waals surface area contributed by atoms with Gasteiger partial charge in [0.2, 0.25) is 0 Å². The molecule has 0 saturated heterocycles. The van der Waals surface area contributed by atoms with Crippen LogP contribution in [0, 0.1) is 5.92 Å². The number of fused-ring (bicyclic) bond motifs is 5. The molecule has 0 amide bonds. The fraction of sp³-hybridized carbons (Fsp3) is 0.217. The molecule has 1 heterocycles. The Hall–Kier alpha value is -2.50. The topological polar surface area (TPSA) is 59.3 Å². The van der Waals surface area contributed by atoms with Crippen molar-refractivity contribution >= 4 is 49.1 Å². The average Bonchev–Trinajstić information content (AvgIpc) is 3.06. The van der Waals surface area contributed by atoms with Gasteiger partial charge in [0.15, 0.2) is 0 Å². The number of rotatable bonds is 3. The molecule has 0 radical (unpaired) electrons. The lowest BCUT2D eigenvalue weighted by Gasteiger charge is -2.16. The van der Waals surface area contributed by atoms with E-state index in [1.165, 1.54) is 17.7 Å². The summed E-state index contributed by atoms with van der Waals surface area (Å²) in [6.45, 7) is 2.24. The molecule has 1 aliphatic carbocycles. The van der Waals surface area contributed by atoms with Crippen LogP contribution in [0.25, 0.3) is 21.7 Å². The standard InChI is InChI=1S/C23H20ClNO3S/c1-14-6-11-18-20-13-21(25-29(26,27)16-9-7-15(24)8-10-16)17-4-2-3-5-19(17)23(20)28-22(18)12-14/h2-5,7-10,13-14,25H,6,11-12H2,1H3. The van der Waals surface area contributed by atoms with Crippen LogP contribution in [0.5, 0.6) is 0 Å². The number of hydrogen-bond acceptors (Lipinski definition) is 3. The van der Waals surface area contributed by atoms with E-state index in [2.05, 4.69) is 11.6 Å². The summed E-state index contributed by atoms with van der Waals surface area (Å²) in [7, 11) is -3.74. The van der Waals surface area contributed by atoms with Gasteiger partial charge in [0.25, 0.3) is 10.0 Å². The Morgan fingerprint density at radius 1 is 1.03 bits per heavy atom. The molecule has 1 N–H and O–H groups in total. The Balaban J connectivity index is 1.69. The first-order chi connectivity index (χ1) is 13.9. The van der Waals surface area contributed by atoms with Crippen LogP contribution in [0.15, 0.2) is 63.9 Å². The van der Waals surface area contributed by atoms with Crippen molar-refractivity contribution in [3.8, 4) is 0 Å². The largest absolute Gasteiger partial charge is 0.460 e. The number of nitrogens with one attached hydrogen (secondary N) is 1. The monoisotopic (exact) mass is 425 g/mol. The van der Waals surface area contributed by atoms with Gasteiger partial charge in [-0.25, -0.2) is 8.42 Å². The van der Waals surface area contributed by atoms with Crippen molar-refractivity contribution in [2.45, 2.75) is 31.1 Å². The molecule has 29 heavy (non-hydrogen) atoms. The molecule has 6 heteroatoms. The van der Waals surface area contributed by atoms with Crippen LogP contribution in [0.3, 0.4) is 0 Å². The first kappa shape index (κ1) is 18.5. The van der Waals surface area contributed by atoms with Crippen LogP contribution in [0.4, 0.5) is 5.69 Å². The number of benzene rings is 3. The third-order valence-electron chi connectivity index (χ3n) is 5.67. The highest BCUT2D eigenvalue weighted by atomic mass is 35.5. The van der Waals surface area contributed by atoms with Crippen LogP contribution < -0.4 is 4.72 Å². The van der Waals surface area contributed by atoms with Crippen molar-refractivity contribution in [2.24, 2.45) is 5.92 Å². The van der Waals surface area contributed by atoms with Crippen LogP contribution in [-0.2, 0) is 22.9 Å². The van der Waals surface area contributed by atoms with Crippen molar-refractivity contribution in [1.29, 1.82) is 0 Å². The lowest BCUT2D eigenvalue weighted by atomic mass is 9.88. The molecule has 0 saturated carbocycles. The molecular formula is C23H20ClNO3S. The number of aryl methyl sites for hydroxylation is 1. The highest BCUT2D eigenvalue weighted by molar-refractivity contribution is 7.92. The van der Waals surface area contributed by atoms with Gasteiger partial charge in [-0.3, -0.25) is 4.72 Å². The van der Waals surface area contributed by atoms with Gasteiger partial charge < -0.3 is 4.42 Å². The van der Waals surface area contributed by atoms with E-state index in [9.17, 15) is 8.42 Å². The van der Waals surface area contributed by atoms with Crippen molar-refractivity contribution in [3.63, 3.8) is 0 Å². The van der Waals surface area contributed by atoms with Crippen LogP contribution in [-0.4, -0.2) is 8.42 Å². The van der Waals surface area contributed by atoms with E-state index in [4.69, 9.17) is 16.0 Å². The van der Waals surface area contributed by atoms with Gasteiger partial charge >= 0.3 is 0 Å². The maximum atomic E-state index is 13.0. The summed E-state index contributed by atoms with van der Waals surface area (Å²) in [6, 6.07) is 15.8. The summed E-state index contributed by atoms with van der Waals surface area (Å²) in [6.07, 6.45) is 2.98. The van der Waals surface area contributed by atoms with Gasteiger partial charge in [-0.15, -0.1) is 0 Å². The Labute approximate surface area is 174 Å². The van der Waals surface area contributed by atoms with Gasteiger partial charge in [-0.2, -0.15) is 0 Å². The molecule has 1 unspecified atom stereocenters. The smallest absolute Gasteiger partial charge is 0.261 e. The molecule has 1 aliphatic rings. The van der Waals surface area contributed by atoms with Crippen molar-refractivity contribution < 1.29 is 12.8 Å².